The van der Waals surface area contributed by atoms with Gasteiger partial charge >= 0.3 is 0 Å². The Morgan fingerprint density at radius 1 is 1.40 bits per heavy atom. The Morgan fingerprint density at radius 3 is 2.50 bits per heavy atom. The summed E-state index contributed by atoms with van der Waals surface area (Å²) in [4.78, 5) is 8.03. The van der Waals surface area contributed by atoms with E-state index in [0.29, 0.717) is 5.25 Å². The van der Waals surface area contributed by atoms with Gasteiger partial charge in [0.2, 0.25) is 0 Å². The molecular formula is C7H9N2S. The Labute approximate surface area is 65.1 Å². The summed E-state index contributed by atoms with van der Waals surface area (Å²) in [5, 5.41) is 1.37. The second-order valence-electron chi connectivity index (χ2n) is 2.13. The smallest absolute Gasteiger partial charge is 0.187 e. The van der Waals surface area contributed by atoms with Crippen molar-refractivity contribution in [2.75, 3.05) is 0 Å². The molecule has 1 radical (unpaired) electrons. The van der Waals surface area contributed by atoms with Crippen LogP contribution in [0.15, 0.2) is 17.6 Å². The minimum Gasteiger partial charge on any atom is -0.230 e. The maximum Gasteiger partial charge on any atom is 0.187 e. The molecule has 0 unspecified atom stereocenters. The van der Waals surface area contributed by atoms with Crippen LogP contribution in [0.4, 0.5) is 0 Å². The van der Waals surface area contributed by atoms with Crippen LogP contribution in [0.3, 0.4) is 0 Å². The van der Waals surface area contributed by atoms with Gasteiger partial charge in [0.05, 0.1) is 0 Å². The van der Waals surface area contributed by atoms with Crippen LogP contribution in [0.1, 0.15) is 13.8 Å². The Kier molecular flexibility index (Phi) is 2.68. The van der Waals surface area contributed by atoms with Gasteiger partial charge in [-0.2, -0.15) is 0 Å². The maximum atomic E-state index is 4.02. The molecule has 0 saturated carbocycles. The first-order valence-corrected chi connectivity index (χ1v) is 4.02. The van der Waals surface area contributed by atoms with Crippen molar-refractivity contribution in [3.05, 3.63) is 18.5 Å². The van der Waals surface area contributed by atoms with Gasteiger partial charge in [-0.15, -0.1) is 0 Å². The van der Waals surface area contributed by atoms with Gasteiger partial charge < -0.3 is 0 Å². The first-order chi connectivity index (χ1) is 4.79. The maximum absolute atomic E-state index is 4.02. The van der Waals surface area contributed by atoms with Crippen molar-refractivity contribution < 1.29 is 0 Å². The minimum absolute atomic E-state index is 0.544. The second-order valence-corrected chi connectivity index (χ2v) is 3.68. The molecule has 0 aliphatic rings. The van der Waals surface area contributed by atoms with Crippen LogP contribution in [-0.4, -0.2) is 15.2 Å². The molecule has 10 heavy (non-hydrogen) atoms. The summed E-state index contributed by atoms with van der Waals surface area (Å²) in [5.74, 6) is 0. The molecule has 3 heteroatoms. The van der Waals surface area contributed by atoms with Crippen molar-refractivity contribution in [3.8, 4) is 0 Å². The number of hydrogen-bond acceptors (Lipinski definition) is 3. The Bertz CT molecular complexity index is 186. The van der Waals surface area contributed by atoms with E-state index in [9.17, 15) is 0 Å². The topological polar surface area (TPSA) is 25.8 Å². The molecule has 0 spiro atoms. The fourth-order valence-corrected chi connectivity index (χ4v) is 1.17. The zero-order chi connectivity index (χ0) is 7.40. The Hall–Kier alpha value is -0.570. The van der Waals surface area contributed by atoms with Crippen LogP contribution in [0, 0.1) is 6.07 Å². The third kappa shape index (κ3) is 2.35. The molecule has 1 rings (SSSR count). The monoisotopic (exact) mass is 153 g/mol. The highest BCUT2D eigenvalue weighted by molar-refractivity contribution is 7.99. The van der Waals surface area contributed by atoms with Crippen molar-refractivity contribution in [2.45, 2.75) is 24.3 Å². The molecule has 0 aliphatic heterocycles. The fraction of sp³-hybridized carbons (Fsp3) is 0.429. The summed E-state index contributed by atoms with van der Waals surface area (Å²) < 4.78 is 0. The minimum atomic E-state index is 0.544. The van der Waals surface area contributed by atoms with Crippen LogP contribution in [0.5, 0.6) is 0 Å². The van der Waals surface area contributed by atoms with Crippen LogP contribution in [0.25, 0.3) is 0 Å². The van der Waals surface area contributed by atoms with Crippen LogP contribution in [-0.2, 0) is 0 Å². The summed E-state index contributed by atoms with van der Waals surface area (Å²) in [6, 6.07) is 2.77. The van der Waals surface area contributed by atoms with E-state index >= 15 is 0 Å². The van der Waals surface area contributed by atoms with Crippen molar-refractivity contribution in [3.63, 3.8) is 0 Å². The van der Waals surface area contributed by atoms with E-state index in [1.54, 1.807) is 24.2 Å². The highest BCUT2D eigenvalue weighted by Crippen LogP contribution is 2.16. The van der Waals surface area contributed by atoms with E-state index in [1.165, 1.54) is 0 Å². The molecule has 0 fully saturated rings. The molecule has 1 aromatic heterocycles. The Morgan fingerprint density at radius 2 is 2.00 bits per heavy atom. The standard InChI is InChI=1S/C7H9N2S/c1-6(2)10-7-8-4-3-5-9-7/h4-6H,1-2H3. The third-order valence-corrected chi connectivity index (χ3v) is 1.73. The van der Waals surface area contributed by atoms with Gasteiger partial charge in [0.15, 0.2) is 5.16 Å². The molecule has 2 nitrogen and oxygen atoms in total. The van der Waals surface area contributed by atoms with Crippen molar-refractivity contribution in [1.29, 1.82) is 0 Å². The summed E-state index contributed by atoms with van der Waals surface area (Å²) in [6.45, 7) is 4.23. The molecule has 0 amide bonds. The van der Waals surface area contributed by atoms with Crippen molar-refractivity contribution in [1.82, 2.24) is 9.97 Å². The second kappa shape index (κ2) is 3.56. The van der Waals surface area contributed by atoms with E-state index in [-0.39, 0.29) is 0 Å². The van der Waals surface area contributed by atoms with E-state index < -0.39 is 0 Å². The van der Waals surface area contributed by atoms with Gasteiger partial charge in [0.1, 0.15) is 0 Å². The average Bonchev–Trinajstić information content (AvgIpc) is 1.88. The van der Waals surface area contributed by atoms with Gasteiger partial charge in [-0.05, 0) is 0 Å². The number of thioether (sulfide) groups is 1. The quantitative estimate of drug-likeness (QED) is 0.478. The predicted molar refractivity (Wildman–Crippen MR) is 41.9 cm³/mol. The molecule has 0 aromatic carbocycles. The molecule has 0 N–H and O–H groups in total. The summed E-state index contributed by atoms with van der Waals surface area (Å²) in [6.07, 6.45) is 3.27. The van der Waals surface area contributed by atoms with Gasteiger partial charge in [-0.25, -0.2) is 9.97 Å². The molecule has 53 valence electrons. The van der Waals surface area contributed by atoms with Gasteiger partial charge in [-0.1, -0.05) is 25.6 Å². The number of hydrogen-bond donors (Lipinski definition) is 0. The lowest BCUT2D eigenvalue weighted by molar-refractivity contribution is 0.951. The number of nitrogens with zero attached hydrogens (tertiary/aromatic N) is 2. The Balaban J connectivity index is 2.59. The lowest BCUT2D eigenvalue weighted by atomic mass is 10.6. The highest BCUT2D eigenvalue weighted by atomic mass is 32.2. The molecule has 1 heterocycles. The lowest BCUT2D eigenvalue weighted by Crippen LogP contribution is -1.90. The fourth-order valence-electron chi connectivity index (χ4n) is 0.523. The highest BCUT2D eigenvalue weighted by Gasteiger charge is 1.97. The summed E-state index contributed by atoms with van der Waals surface area (Å²) in [7, 11) is 0. The molecule has 1 aromatic rings. The molecule has 0 saturated heterocycles. The van der Waals surface area contributed by atoms with Gasteiger partial charge in [-0.3, -0.25) is 0 Å². The van der Waals surface area contributed by atoms with Crippen molar-refractivity contribution in [2.24, 2.45) is 0 Å². The van der Waals surface area contributed by atoms with Crippen LogP contribution >= 0.6 is 11.8 Å². The first kappa shape index (κ1) is 7.54. The van der Waals surface area contributed by atoms with Gasteiger partial charge in [0, 0.05) is 23.7 Å². The lowest BCUT2D eigenvalue weighted by Gasteiger charge is -1.99. The zero-order valence-corrected chi connectivity index (χ0v) is 6.85. The van der Waals surface area contributed by atoms with E-state index in [4.69, 9.17) is 0 Å². The first-order valence-electron chi connectivity index (χ1n) is 3.14. The average molecular weight is 153 g/mol. The van der Waals surface area contributed by atoms with E-state index in [1.807, 2.05) is 0 Å². The third-order valence-electron chi connectivity index (χ3n) is 0.840. The molecule has 0 atom stereocenters. The summed E-state index contributed by atoms with van der Waals surface area (Å²) in [5.41, 5.74) is 0. The summed E-state index contributed by atoms with van der Waals surface area (Å²) >= 11 is 1.66. The normalized spacial score (nSPS) is 10.3. The van der Waals surface area contributed by atoms with Crippen LogP contribution < -0.4 is 0 Å². The largest absolute Gasteiger partial charge is 0.230 e. The SMILES string of the molecule is CC(C)Sc1nc[c]cn1. The zero-order valence-electron chi connectivity index (χ0n) is 6.03. The number of aromatic nitrogens is 2. The molecule has 0 aliphatic carbocycles. The molecule has 0 bridgehead atoms. The van der Waals surface area contributed by atoms with Gasteiger partial charge in [0.25, 0.3) is 0 Å². The number of rotatable bonds is 2. The predicted octanol–water partition coefficient (Wildman–Crippen LogP) is 1.78. The van der Waals surface area contributed by atoms with Crippen molar-refractivity contribution >= 4 is 11.8 Å². The molecular weight excluding hydrogens is 144 g/mol. The van der Waals surface area contributed by atoms with Crippen LogP contribution in [0.2, 0.25) is 0 Å². The van der Waals surface area contributed by atoms with E-state index in [2.05, 4.69) is 29.9 Å². The van der Waals surface area contributed by atoms with E-state index in [0.717, 1.165) is 5.16 Å².